The number of piperidine rings is 2. The Morgan fingerprint density at radius 1 is 1.10 bits per heavy atom. The predicted octanol–water partition coefficient (Wildman–Crippen LogP) is 3.14. The molecule has 1 aromatic carbocycles. The van der Waals surface area contributed by atoms with Gasteiger partial charge in [0.1, 0.15) is 5.82 Å². The standard InChI is InChI=1S/C23H36FN3O3S/c1-2-22-6-3-4-14-26(22)15-5-13-25-23(28)20-11-16-27(17-12-20)31(29,30)18-19-7-9-21(24)10-8-19/h7-10,20,22H,2-6,11-18H2,1H3,(H,25,28)/t22-/m0/s1. The van der Waals surface area contributed by atoms with E-state index >= 15 is 0 Å². The molecular weight excluding hydrogens is 417 g/mol. The summed E-state index contributed by atoms with van der Waals surface area (Å²) < 4.78 is 39.8. The van der Waals surface area contributed by atoms with Gasteiger partial charge >= 0.3 is 0 Å². The molecule has 0 bridgehead atoms. The van der Waals surface area contributed by atoms with Crippen molar-refractivity contribution >= 4 is 15.9 Å². The first-order valence-electron chi connectivity index (χ1n) is 11.6. The van der Waals surface area contributed by atoms with Gasteiger partial charge in [-0.15, -0.1) is 0 Å². The van der Waals surface area contributed by atoms with Gasteiger partial charge in [-0.3, -0.25) is 4.79 Å². The Morgan fingerprint density at radius 3 is 2.48 bits per heavy atom. The lowest BCUT2D eigenvalue weighted by molar-refractivity contribution is -0.126. The summed E-state index contributed by atoms with van der Waals surface area (Å²) in [5.74, 6) is -0.606. The van der Waals surface area contributed by atoms with E-state index in [9.17, 15) is 17.6 Å². The highest BCUT2D eigenvalue weighted by Gasteiger charge is 2.31. The fraction of sp³-hybridized carbons (Fsp3) is 0.696. The summed E-state index contributed by atoms with van der Waals surface area (Å²) in [6.45, 7) is 5.82. The van der Waals surface area contributed by atoms with Crippen molar-refractivity contribution in [1.29, 1.82) is 0 Å². The number of hydrogen-bond donors (Lipinski definition) is 1. The van der Waals surface area contributed by atoms with Gasteiger partial charge in [0.2, 0.25) is 15.9 Å². The van der Waals surface area contributed by atoms with Gasteiger partial charge in [0.25, 0.3) is 0 Å². The molecule has 1 N–H and O–H groups in total. The molecule has 2 aliphatic heterocycles. The molecule has 1 amide bonds. The highest BCUT2D eigenvalue weighted by atomic mass is 32.2. The molecule has 0 aromatic heterocycles. The van der Waals surface area contributed by atoms with E-state index in [2.05, 4.69) is 17.1 Å². The van der Waals surface area contributed by atoms with Crippen molar-refractivity contribution in [2.45, 2.75) is 63.7 Å². The van der Waals surface area contributed by atoms with E-state index in [1.54, 1.807) is 0 Å². The Hall–Kier alpha value is -1.51. The molecule has 2 heterocycles. The second kappa shape index (κ2) is 11.4. The number of sulfonamides is 1. The average Bonchev–Trinajstić information content (AvgIpc) is 2.78. The summed E-state index contributed by atoms with van der Waals surface area (Å²) in [4.78, 5) is 15.1. The van der Waals surface area contributed by atoms with Gasteiger partial charge in [-0.05, 0) is 62.8 Å². The highest BCUT2D eigenvalue weighted by Crippen LogP contribution is 2.22. The van der Waals surface area contributed by atoms with Gasteiger partial charge in [-0.2, -0.15) is 0 Å². The van der Waals surface area contributed by atoms with Crippen LogP contribution in [0.25, 0.3) is 0 Å². The maximum absolute atomic E-state index is 13.0. The molecule has 174 valence electrons. The lowest BCUT2D eigenvalue weighted by Gasteiger charge is -2.35. The maximum atomic E-state index is 13.0. The summed E-state index contributed by atoms with van der Waals surface area (Å²) in [5, 5.41) is 3.05. The van der Waals surface area contributed by atoms with Crippen molar-refractivity contribution in [2.24, 2.45) is 5.92 Å². The second-order valence-corrected chi connectivity index (χ2v) is 10.8. The van der Waals surface area contributed by atoms with E-state index in [1.807, 2.05) is 0 Å². The van der Waals surface area contributed by atoms with Crippen LogP contribution in [0.4, 0.5) is 4.39 Å². The summed E-state index contributed by atoms with van der Waals surface area (Å²) in [7, 11) is -3.47. The van der Waals surface area contributed by atoms with Crippen LogP contribution in [0.3, 0.4) is 0 Å². The largest absolute Gasteiger partial charge is 0.356 e. The van der Waals surface area contributed by atoms with Crippen molar-refractivity contribution in [3.8, 4) is 0 Å². The fourth-order valence-electron chi connectivity index (χ4n) is 4.73. The van der Waals surface area contributed by atoms with Crippen molar-refractivity contribution < 1.29 is 17.6 Å². The van der Waals surface area contributed by atoms with Crippen LogP contribution in [0.1, 0.15) is 57.4 Å². The molecule has 0 spiro atoms. The number of carbonyl (C=O) groups excluding carboxylic acids is 1. The summed E-state index contributed by atoms with van der Waals surface area (Å²) in [6, 6.07) is 6.23. The zero-order chi connectivity index (χ0) is 22.3. The monoisotopic (exact) mass is 453 g/mol. The van der Waals surface area contributed by atoms with E-state index in [4.69, 9.17) is 0 Å². The number of nitrogens with one attached hydrogen (secondary N) is 1. The minimum absolute atomic E-state index is 0.0428. The summed E-state index contributed by atoms with van der Waals surface area (Å²) in [6.07, 6.45) is 7.10. The van der Waals surface area contributed by atoms with E-state index < -0.39 is 10.0 Å². The van der Waals surface area contributed by atoms with Gasteiger partial charge in [0.15, 0.2) is 0 Å². The van der Waals surface area contributed by atoms with Crippen LogP contribution in [0, 0.1) is 11.7 Å². The molecule has 2 saturated heterocycles. The Morgan fingerprint density at radius 2 is 1.81 bits per heavy atom. The van der Waals surface area contributed by atoms with Crippen molar-refractivity contribution in [2.75, 3.05) is 32.7 Å². The average molecular weight is 454 g/mol. The lowest BCUT2D eigenvalue weighted by atomic mass is 9.97. The zero-order valence-electron chi connectivity index (χ0n) is 18.6. The van der Waals surface area contributed by atoms with E-state index in [0.29, 0.717) is 44.1 Å². The van der Waals surface area contributed by atoms with Crippen molar-refractivity contribution in [1.82, 2.24) is 14.5 Å². The first-order chi connectivity index (χ1) is 14.9. The van der Waals surface area contributed by atoms with Crippen LogP contribution in [0.2, 0.25) is 0 Å². The molecule has 1 atom stereocenters. The third-order valence-electron chi connectivity index (χ3n) is 6.62. The Labute approximate surface area is 186 Å². The molecule has 3 rings (SSSR count). The van der Waals surface area contributed by atoms with Crippen LogP contribution in [0.5, 0.6) is 0 Å². The number of hydrogen-bond acceptors (Lipinski definition) is 4. The fourth-order valence-corrected chi connectivity index (χ4v) is 6.30. The first kappa shape index (κ1) is 24.1. The molecule has 31 heavy (non-hydrogen) atoms. The minimum Gasteiger partial charge on any atom is -0.356 e. The van der Waals surface area contributed by atoms with Crippen molar-refractivity contribution in [3.05, 3.63) is 35.6 Å². The number of amides is 1. The topological polar surface area (TPSA) is 69.7 Å². The highest BCUT2D eigenvalue weighted by molar-refractivity contribution is 7.88. The van der Waals surface area contributed by atoms with Crippen LogP contribution in [-0.4, -0.2) is 62.3 Å². The number of nitrogens with zero attached hydrogens (tertiary/aromatic N) is 2. The molecule has 0 radical (unpaired) electrons. The number of likely N-dealkylation sites (tertiary alicyclic amines) is 1. The Kier molecular flexibility index (Phi) is 8.86. The van der Waals surface area contributed by atoms with Crippen LogP contribution in [0.15, 0.2) is 24.3 Å². The Balaban J connectivity index is 1.37. The molecule has 8 heteroatoms. The Bertz CT molecular complexity index is 808. The van der Waals surface area contributed by atoms with Crippen molar-refractivity contribution in [3.63, 3.8) is 0 Å². The third kappa shape index (κ3) is 6.99. The zero-order valence-corrected chi connectivity index (χ0v) is 19.4. The molecule has 6 nitrogen and oxygen atoms in total. The SMILES string of the molecule is CC[C@H]1CCCCN1CCCNC(=O)C1CCN(S(=O)(=O)Cc2ccc(F)cc2)CC1. The van der Waals surface area contributed by atoms with Crippen LogP contribution >= 0.6 is 0 Å². The first-order valence-corrected chi connectivity index (χ1v) is 13.2. The molecule has 0 aliphatic carbocycles. The quantitative estimate of drug-likeness (QED) is 0.583. The van der Waals surface area contributed by atoms with Gasteiger partial charge in [0, 0.05) is 38.1 Å². The molecule has 0 unspecified atom stereocenters. The van der Waals surface area contributed by atoms with Gasteiger partial charge in [0.05, 0.1) is 5.75 Å². The lowest BCUT2D eigenvalue weighted by Crippen LogP contribution is -2.44. The van der Waals surface area contributed by atoms with E-state index in [1.165, 1.54) is 54.3 Å². The third-order valence-corrected chi connectivity index (χ3v) is 8.47. The van der Waals surface area contributed by atoms with E-state index in [0.717, 1.165) is 19.5 Å². The van der Waals surface area contributed by atoms with E-state index in [-0.39, 0.29) is 23.4 Å². The smallest absolute Gasteiger partial charge is 0.223 e. The summed E-state index contributed by atoms with van der Waals surface area (Å²) >= 11 is 0. The van der Waals surface area contributed by atoms with Gasteiger partial charge < -0.3 is 10.2 Å². The number of halogens is 1. The minimum atomic E-state index is -3.47. The maximum Gasteiger partial charge on any atom is 0.223 e. The number of benzene rings is 1. The normalized spacial score (nSPS) is 21.8. The van der Waals surface area contributed by atoms with Gasteiger partial charge in [-0.25, -0.2) is 17.1 Å². The van der Waals surface area contributed by atoms with Crippen LogP contribution < -0.4 is 5.32 Å². The van der Waals surface area contributed by atoms with Gasteiger partial charge in [-0.1, -0.05) is 25.5 Å². The predicted molar refractivity (Wildman–Crippen MR) is 120 cm³/mol. The number of carbonyl (C=O) groups is 1. The number of rotatable bonds is 9. The van der Waals surface area contributed by atoms with Crippen LogP contribution in [-0.2, 0) is 20.6 Å². The molecule has 2 aliphatic rings. The second-order valence-electron chi connectivity index (χ2n) is 8.79. The summed E-state index contributed by atoms with van der Waals surface area (Å²) in [5.41, 5.74) is 0.570. The molecule has 1 aromatic rings. The molecule has 2 fully saturated rings. The molecular formula is C23H36FN3O3S. The molecule has 0 saturated carbocycles.